The topological polar surface area (TPSA) is 50.9 Å². The highest BCUT2D eigenvalue weighted by Crippen LogP contribution is 2.28. The third kappa shape index (κ3) is 2.74. The Bertz CT molecular complexity index is 569. The van der Waals surface area contributed by atoms with Crippen molar-refractivity contribution in [2.24, 2.45) is 0 Å². The van der Waals surface area contributed by atoms with Gasteiger partial charge in [0.25, 0.3) is 0 Å². The number of benzene rings is 1. The molecular formula is C15H18FN3. The van der Waals surface area contributed by atoms with Crippen LogP contribution in [0.1, 0.15) is 29.7 Å². The fraction of sp³-hybridized carbons (Fsp3) is 0.267. The summed E-state index contributed by atoms with van der Waals surface area (Å²) >= 11 is 0. The number of aromatic nitrogens is 1. The minimum atomic E-state index is -0.279. The third-order valence-corrected chi connectivity index (χ3v) is 3.12. The highest BCUT2D eigenvalue weighted by molar-refractivity contribution is 5.46. The summed E-state index contributed by atoms with van der Waals surface area (Å²) in [4.78, 5) is 4.08. The summed E-state index contributed by atoms with van der Waals surface area (Å²) in [5.74, 6) is 0.228. The molecule has 0 aliphatic rings. The number of nitrogens with zero attached hydrogens (tertiary/aromatic N) is 1. The molecule has 1 aromatic heterocycles. The summed E-state index contributed by atoms with van der Waals surface area (Å²) < 4.78 is 14.3. The van der Waals surface area contributed by atoms with Gasteiger partial charge in [0.2, 0.25) is 0 Å². The van der Waals surface area contributed by atoms with Gasteiger partial charge in [-0.15, -0.1) is 0 Å². The van der Waals surface area contributed by atoms with Crippen molar-refractivity contribution in [3.63, 3.8) is 0 Å². The van der Waals surface area contributed by atoms with Crippen molar-refractivity contribution < 1.29 is 4.39 Å². The van der Waals surface area contributed by atoms with E-state index < -0.39 is 0 Å². The van der Waals surface area contributed by atoms with Gasteiger partial charge in [-0.25, -0.2) is 9.37 Å². The molecule has 19 heavy (non-hydrogen) atoms. The Labute approximate surface area is 112 Å². The van der Waals surface area contributed by atoms with Crippen LogP contribution in [0.5, 0.6) is 0 Å². The van der Waals surface area contributed by atoms with Gasteiger partial charge in [0.1, 0.15) is 11.6 Å². The summed E-state index contributed by atoms with van der Waals surface area (Å²) in [5, 5.41) is 3.26. The highest BCUT2D eigenvalue weighted by atomic mass is 19.1. The van der Waals surface area contributed by atoms with E-state index >= 15 is 0 Å². The van der Waals surface area contributed by atoms with Crippen molar-refractivity contribution in [3.8, 4) is 0 Å². The molecule has 0 saturated heterocycles. The molecule has 2 rings (SSSR count). The molecule has 1 aromatic carbocycles. The van der Waals surface area contributed by atoms with E-state index in [1.165, 1.54) is 0 Å². The first-order valence-corrected chi connectivity index (χ1v) is 6.34. The molecule has 3 N–H and O–H groups in total. The first-order valence-electron chi connectivity index (χ1n) is 6.34. The Kier molecular flexibility index (Phi) is 4.12. The van der Waals surface area contributed by atoms with Gasteiger partial charge in [-0.1, -0.05) is 31.2 Å². The fourth-order valence-corrected chi connectivity index (χ4v) is 2.16. The molecule has 0 fully saturated rings. The maximum Gasteiger partial charge on any atom is 0.131 e. The van der Waals surface area contributed by atoms with Gasteiger partial charge in [-0.05, 0) is 25.1 Å². The van der Waals surface area contributed by atoms with E-state index in [0.717, 1.165) is 5.56 Å². The first-order chi connectivity index (χ1) is 9.15. The smallest absolute Gasteiger partial charge is 0.131 e. The Morgan fingerprint density at radius 1 is 1.26 bits per heavy atom. The lowest BCUT2D eigenvalue weighted by Gasteiger charge is -2.21. The number of halogens is 1. The van der Waals surface area contributed by atoms with Gasteiger partial charge in [0.05, 0.1) is 6.04 Å². The van der Waals surface area contributed by atoms with E-state index in [2.05, 4.69) is 10.3 Å². The van der Waals surface area contributed by atoms with Crippen molar-refractivity contribution in [2.75, 3.05) is 12.3 Å². The SMILES string of the molecule is CCNC(c1cccnc1N)c1cccc(C)c1F. The van der Waals surface area contributed by atoms with Crippen LogP contribution in [0.2, 0.25) is 0 Å². The largest absolute Gasteiger partial charge is 0.383 e. The predicted molar refractivity (Wildman–Crippen MR) is 75.3 cm³/mol. The van der Waals surface area contributed by atoms with Crippen LogP contribution in [-0.4, -0.2) is 11.5 Å². The first kappa shape index (κ1) is 13.5. The van der Waals surface area contributed by atoms with E-state index in [0.29, 0.717) is 23.5 Å². The molecule has 2 aromatic rings. The Morgan fingerprint density at radius 2 is 2.00 bits per heavy atom. The minimum Gasteiger partial charge on any atom is -0.383 e. The number of nitrogens with two attached hydrogens (primary N) is 1. The highest BCUT2D eigenvalue weighted by Gasteiger charge is 2.20. The van der Waals surface area contributed by atoms with Gasteiger partial charge in [0.15, 0.2) is 0 Å². The van der Waals surface area contributed by atoms with Crippen LogP contribution in [0.4, 0.5) is 10.2 Å². The quantitative estimate of drug-likeness (QED) is 0.887. The minimum absolute atomic E-state index is 0.197. The Morgan fingerprint density at radius 3 is 2.68 bits per heavy atom. The third-order valence-electron chi connectivity index (χ3n) is 3.12. The second kappa shape index (κ2) is 5.80. The number of pyridine rings is 1. The molecule has 1 atom stereocenters. The van der Waals surface area contributed by atoms with Crippen LogP contribution >= 0.6 is 0 Å². The lowest BCUT2D eigenvalue weighted by atomic mass is 9.97. The number of aryl methyl sites for hydroxylation is 1. The molecule has 3 nitrogen and oxygen atoms in total. The second-order valence-corrected chi connectivity index (χ2v) is 4.45. The monoisotopic (exact) mass is 259 g/mol. The molecule has 0 amide bonds. The molecule has 0 radical (unpaired) electrons. The zero-order valence-electron chi connectivity index (χ0n) is 11.2. The van der Waals surface area contributed by atoms with E-state index in [9.17, 15) is 4.39 Å². The molecule has 0 saturated carbocycles. The zero-order valence-corrected chi connectivity index (χ0v) is 11.2. The second-order valence-electron chi connectivity index (χ2n) is 4.45. The molecule has 100 valence electrons. The van der Waals surface area contributed by atoms with Crippen LogP contribution < -0.4 is 11.1 Å². The standard InChI is InChI=1S/C15H18FN3/c1-3-18-14(12-8-5-9-19-15(12)17)11-7-4-6-10(2)13(11)16/h4-9,14,18H,3H2,1-2H3,(H2,17,19). The predicted octanol–water partition coefficient (Wildman–Crippen LogP) is 2.81. The fourth-order valence-electron chi connectivity index (χ4n) is 2.16. The van der Waals surface area contributed by atoms with Crippen LogP contribution in [0.3, 0.4) is 0 Å². The lowest BCUT2D eigenvalue weighted by Crippen LogP contribution is -2.24. The van der Waals surface area contributed by atoms with Crippen molar-refractivity contribution >= 4 is 5.82 Å². The summed E-state index contributed by atoms with van der Waals surface area (Å²) in [7, 11) is 0. The normalized spacial score (nSPS) is 12.4. The van der Waals surface area contributed by atoms with E-state index in [-0.39, 0.29) is 11.9 Å². The number of hydrogen-bond donors (Lipinski definition) is 2. The molecule has 1 unspecified atom stereocenters. The van der Waals surface area contributed by atoms with Gasteiger partial charge in [-0.3, -0.25) is 0 Å². The number of anilines is 1. The average molecular weight is 259 g/mol. The van der Waals surface area contributed by atoms with E-state index in [1.807, 2.05) is 25.1 Å². The van der Waals surface area contributed by atoms with E-state index in [4.69, 9.17) is 5.73 Å². The summed E-state index contributed by atoms with van der Waals surface area (Å²) in [6, 6.07) is 8.79. The van der Waals surface area contributed by atoms with Crippen LogP contribution in [-0.2, 0) is 0 Å². The van der Waals surface area contributed by atoms with Crippen LogP contribution in [0.15, 0.2) is 36.5 Å². The van der Waals surface area contributed by atoms with Crippen molar-refractivity contribution in [1.82, 2.24) is 10.3 Å². The molecule has 0 aliphatic heterocycles. The van der Waals surface area contributed by atoms with Gasteiger partial charge in [0, 0.05) is 17.3 Å². The molecule has 4 heteroatoms. The van der Waals surface area contributed by atoms with Gasteiger partial charge >= 0.3 is 0 Å². The molecule has 0 bridgehead atoms. The summed E-state index contributed by atoms with van der Waals surface area (Å²) in [5.41, 5.74) is 7.93. The van der Waals surface area contributed by atoms with Gasteiger partial charge < -0.3 is 11.1 Å². The molecule has 0 aliphatic carbocycles. The summed E-state index contributed by atoms with van der Waals surface area (Å²) in [6.07, 6.45) is 1.63. The van der Waals surface area contributed by atoms with Crippen molar-refractivity contribution in [2.45, 2.75) is 19.9 Å². The molecule has 0 spiro atoms. The number of nitrogens with one attached hydrogen (secondary N) is 1. The molecule has 1 heterocycles. The average Bonchev–Trinajstić information content (AvgIpc) is 2.41. The van der Waals surface area contributed by atoms with Crippen LogP contribution in [0.25, 0.3) is 0 Å². The van der Waals surface area contributed by atoms with E-state index in [1.54, 1.807) is 25.3 Å². The number of hydrogen-bond acceptors (Lipinski definition) is 3. The zero-order chi connectivity index (χ0) is 13.8. The van der Waals surface area contributed by atoms with Gasteiger partial charge in [-0.2, -0.15) is 0 Å². The Hall–Kier alpha value is -1.94. The maximum atomic E-state index is 14.3. The van der Waals surface area contributed by atoms with Crippen molar-refractivity contribution in [3.05, 3.63) is 59.0 Å². The number of rotatable bonds is 4. The lowest BCUT2D eigenvalue weighted by molar-refractivity contribution is 0.553. The number of nitrogen functional groups attached to an aromatic ring is 1. The summed E-state index contributed by atoms with van der Waals surface area (Å²) in [6.45, 7) is 4.45. The maximum absolute atomic E-state index is 14.3. The Balaban J connectivity index is 2.52. The van der Waals surface area contributed by atoms with Crippen molar-refractivity contribution in [1.29, 1.82) is 0 Å². The van der Waals surface area contributed by atoms with Crippen LogP contribution in [0, 0.1) is 12.7 Å². The molecular weight excluding hydrogens is 241 g/mol.